The molecule has 1 amide bonds. The standard InChI is InChI=1S/C14H23N3O/c1-11(2)17(14(18)7-6-12(3)15)10-13-5-4-8-16-9-13/h4-5,8-9,11-12H,6-7,10,15H2,1-3H3. The molecule has 0 fully saturated rings. The lowest BCUT2D eigenvalue weighted by Gasteiger charge is -2.27. The summed E-state index contributed by atoms with van der Waals surface area (Å²) < 4.78 is 0. The summed E-state index contributed by atoms with van der Waals surface area (Å²) in [6, 6.07) is 4.13. The number of hydrogen-bond acceptors (Lipinski definition) is 3. The summed E-state index contributed by atoms with van der Waals surface area (Å²) >= 11 is 0. The lowest BCUT2D eigenvalue weighted by atomic mass is 10.1. The van der Waals surface area contributed by atoms with Gasteiger partial charge in [-0.2, -0.15) is 0 Å². The van der Waals surface area contributed by atoms with Crippen LogP contribution in [-0.2, 0) is 11.3 Å². The molecule has 1 aromatic heterocycles. The lowest BCUT2D eigenvalue weighted by Crippen LogP contribution is -2.37. The summed E-state index contributed by atoms with van der Waals surface area (Å²) in [5, 5.41) is 0. The van der Waals surface area contributed by atoms with E-state index < -0.39 is 0 Å². The zero-order valence-corrected chi connectivity index (χ0v) is 11.5. The van der Waals surface area contributed by atoms with E-state index in [1.807, 2.05) is 37.8 Å². The molecule has 0 aliphatic heterocycles. The molecule has 18 heavy (non-hydrogen) atoms. The van der Waals surface area contributed by atoms with E-state index in [1.165, 1.54) is 0 Å². The highest BCUT2D eigenvalue weighted by molar-refractivity contribution is 5.76. The van der Waals surface area contributed by atoms with Gasteiger partial charge in [-0.25, -0.2) is 0 Å². The highest BCUT2D eigenvalue weighted by Gasteiger charge is 2.17. The van der Waals surface area contributed by atoms with Crippen molar-refractivity contribution in [1.82, 2.24) is 9.88 Å². The van der Waals surface area contributed by atoms with Gasteiger partial charge < -0.3 is 10.6 Å². The van der Waals surface area contributed by atoms with E-state index in [-0.39, 0.29) is 18.0 Å². The Balaban J connectivity index is 2.62. The number of nitrogens with two attached hydrogens (primary N) is 1. The van der Waals surface area contributed by atoms with Crippen LogP contribution in [0.1, 0.15) is 39.2 Å². The Bertz CT molecular complexity index is 363. The number of nitrogens with zero attached hydrogens (tertiary/aromatic N) is 2. The highest BCUT2D eigenvalue weighted by atomic mass is 16.2. The van der Waals surface area contributed by atoms with Gasteiger partial charge in [-0.3, -0.25) is 9.78 Å². The van der Waals surface area contributed by atoms with Crippen molar-refractivity contribution < 1.29 is 4.79 Å². The topological polar surface area (TPSA) is 59.2 Å². The van der Waals surface area contributed by atoms with Gasteiger partial charge in [0.15, 0.2) is 0 Å². The Hall–Kier alpha value is -1.42. The van der Waals surface area contributed by atoms with Crippen LogP contribution in [0.3, 0.4) is 0 Å². The third-order valence-electron chi connectivity index (χ3n) is 2.83. The predicted octanol–water partition coefficient (Wildman–Crippen LogP) is 1.95. The van der Waals surface area contributed by atoms with E-state index in [9.17, 15) is 4.79 Å². The summed E-state index contributed by atoms with van der Waals surface area (Å²) in [6.45, 7) is 6.59. The van der Waals surface area contributed by atoms with Crippen molar-refractivity contribution in [2.75, 3.05) is 0 Å². The van der Waals surface area contributed by atoms with Crippen molar-refractivity contribution in [3.05, 3.63) is 30.1 Å². The summed E-state index contributed by atoms with van der Waals surface area (Å²) in [7, 11) is 0. The van der Waals surface area contributed by atoms with E-state index in [4.69, 9.17) is 5.73 Å². The second-order valence-electron chi connectivity index (χ2n) is 4.99. The van der Waals surface area contributed by atoms with E-state index in [1.54, 1.807) is 12.4 Å². The second-order valence-corrected chi connectivity index (χ2v) is 4.99. The number of hydrogen-bond donors (Lipinski definition) is 1. The molecule has 1 unspecified atom stereocenters. The van der Waals surface area contributed by atoms with Crippen molar-refractivity contribution in [3.8, 4) is 0 Å². The van der Waals surface area contributed by atoms with E-state index in [0.717, 1.165) is 12.0 Å². The first-order valence-corrected chi connectivity index (χ1v) is 6.44. The van der Waals surface area contributed by atoms with Crippen LogP contribution in [-0.4, -0.2) is 27.9 Å². The lowest BCUT2D eigenvalue weighted by molar-refractivity contribution is -0.133. The maximum atomic E-state index is 12.1. The van der Waals surface area contributed by atoms with Crippen molar-refractivity contribution in [1.29, 1.82) is 0 Å². The summed E-state index contributed by atoms with van der Waals surface area (Å²) in [6.07, 6.45) is 4.78. The molecule has 1 rings (SSSR count). The van der Waals surface area contributed by atoms with Crippen LogP contribution in [0.15, 0.2) is 24.5 Å². The van der Waals surface area contributed by atoms with Gasteiger partial charge in [-0.1, -0.05) is 6.07 Å². The Morgan fingerprint density at radius 1 is 1.44 bits per heavy atom. The van der Waals surface area contributed by atoms with Crippen LogP contribution >= 0.6 is 0 Å². The second kappa shape index (κ2) is 7.11. The summed E-state index contributed by atoms with van der Waals surface area (Å²) in [5.41, 5.74) is 6.74. The van der Waals surface area contributed by atoms with Gasteiger partial charge in [-0.15, -0.1) is 0 Å². The molecule has 0 aromatic carbocycles. The normalized spacial score (nSPS) is 12.5. The van der Waals surface area contributed by atoms with Gasteiger partial charge in [0.05, 0.1) is 0 Å². The Labute approximate surface area is 109 Å². The Morgan fingerprint density at radius 2 is 2.17 bits per heavy atom. The van der Waals surface area contributed by atoms with Gasteiger partial charge in [0.2, 0.25) is 5.91 Å². The molecule has 0 radical (unpaired) electrons. The molecule has 0 bridgehead atoms. The zero-order chi connectivity index (χ0) is 13.5. The van der Waals surface area contributed by atoms with Gasteiger partial charge >= 0.3 is 0 Å². The minimum Gasteiger partial charge on any atom is -0.336 e. The fraction of sp³-hybridized carbons (Fsp3) is 0.571. The fourth-order valence-electron chi connectivity index (χ4n) is 1.74. The van der Waals surface area contributed by atoms with Crippen LogP contribution in [0.5, 0.6) is 0 Å². The van der Waals surface area contributed by atoms with Crippen molar-refractivity contribution in [3.63, 3.8) is 0 Å². The minimum atomic E-state index is 0.0707. The minimum absolute atomic E-state index is 0.0707. The van der Waals surface area contributed by atoms with Crippen LogP contribution < -0.4 is 5.73 Å². The predicted molar refractivity (Wildman–Crippen MR) is 72.8 cm³/mol. The Morgan fingerprint density at radius 3 is 2.67 bits per heavy atom. The molecule has 0 aliphatic carbocycles. The average Bonchev–Trinajstić information content (AvgIpc) is 2.34. The summed E-state index contributed by atoms with van der Waals surface area (Å²) in [4.78, 5) is 18.1. The Kier molecular flexibility index (Phi) is 5.78. The molecule has 0 saturated carbocycles. The van der Waals surface area contributed by atoms with Crippen LogP contribution in [0.25, 0.3) is 0 Å². The molecule has 100 valence electrons. The van der Waals surface area contributed by atoms with Crippen LogP contribution in [0.4, 0.5) is 0 Å². The van der Waals surface area contributed by atoms with E-state index in [0.29, 0.717) is 13.0 Å². The zero-order valence-electron chi connectivity index (χ0n) is 11.5. The number of aromatic nitrogens is 1. The number of carbonyl (C=O) groups excluding carboxylic acids is 1. The van der Waals surface area contributed by atoms with Gasteiger partial charge in [-0.05, 0) is 38.8 Å². The van der Waals surface area contributed by atoms with Crippen molar-refractivity contribution in [2.45, 2.75) is 52.2 Å². The maximum Gasteiger partial charge on any atom is 0.223 e. The first-order valence-electron chi connectivity index (χ1n) is 6.44. The molecule has 1 heterocycles. The molecule has 2 N–H and O–H groups in total. The molecule has 1 aromatic rings. The molecule has 0 saturated heterocycles. The van der Waals surface area contributed by atoms with Crippen molar-refractivity contribution in [2.24, 2.45) is 5.73 Å². The van der Waals surface area contributed by atoms with Crippen LogP contribution in [0, 0.1) is 0 Å². The molecular formula is C14H23N3O. The number of carbonyl (C=O) groups is 1. The van der Waals surface area contributed by atoms with E-state index >= 15 is 0 Å². The number of rotatable bonds is 6. The molecular weight excluding hydrogens is 226 g/mol. The average molecular weight is 249 g/mol. The number of pyridine rings is 1. The molecule has 4 heteroatoms. The van der Waals surface area contributed by atoms with Crippen molar-refractivity contribution >= 4 is 5.91 Å². The van der Waals surface area contributed by atoms with E-state index in [2.05, 4.69) is 4.98 Å². The fourth-order valence-corrected chi connectivity index (χ4v) is 1.74. The maximum absolute atomic E-state index is 12.1. The largest absolute Gasteiger partial charge is 0.336 e. The third kappa shape index (κ3) is 4.84. The third-order valence-corrected chi connectivity index (χ3v) is 2.83. The van der Waals surface area contributed by atoms with Gasteiger partial charge in [0, 0.05) is 37.4 Å². The molecule has 4 nitrogen and oxygen atoms in total. The van der Waals surface area contributed by atoms with Gasteiger partial charge in [0.1, 0.15) is 0 Å². The quantitative estimate of drug-likeness (QED) is 0.838. The first-order chi connectivity index (χ1) is 8.50. The SMILES string of the molecule is CC(N)CCC(=O)N(Cc1cccnc1)C(C)C. The first kappa shape index (κ1) is 14.6. The smallest absolute Gasteiger partial charge is 0.223 e. The monoisotopic (exact) mass is 249 g/mol. The molecule has 1 atom stereocenters. The molecule has 0 spiro atoms. The van der Waals surface area contributed by atoms with Gasteiger partial charge in [0.25, 0.3) is 0 Å². The van der Waals surface area contributed by atoms with Crippen LogP contribution in [0.2, 0.25) is 0 Å². The number of amides is 1. The summed E-state index contributed by atoms with van der Waals surface area (Å²) in [5.74, 6) is 0.158. The molecule has 0 aliphatic rings. The highest BCUT2D eigenvalue weighted by Crippen LogP contribution is 2.10.